The van der Waals surface area contributed by atoms with Gasteiger partial charge in [-0.2, -0.15) is 4.31 Å². The number of nitrogens with two attached hydrogens (primary N) is 1. The summed E-state index contributed by atoms with van der Waals surface area (Å²) in [6.45, 7) is 2.69. The molecule has 1 aromatic rings. The Kier molecular flexibility index (Phi) is 3.57. The maximum atomic E-state index is 12.8. The Bertz CT molecular complexity index is 608. The molecule has 110 valence electrons. The molecule has 20 heavy (non-hydrogen) atoms. The minimum Gasteiger partial charge on any atom is -0.326 e. The van der Waals surface area contributed by atoms with Crippen LogP contribution in [0.25, 0.3) is 0 Å². The Morgan fingerprint density at radius 1 is 1.30 bits per heavy atom. The first kappa shape index (κ1) is 14.3. The van der Waals surface area contributed by atoms with Gasteiger partial charge in [-0.1, -0.05) is 23.7 Å². The van der Waals surface area contributed by atoms with Gasteiger partial charge in [0.05, 0.1) is 5.02 Å². The minimum atomic E-state index is -3.55. The lowest BCUT2D eigenvalue weighted by Crippen LogP contribution is -2.33. The van der Waals surface area contributed by atoms with Gasteiger partial charge in [0.25, 0.3) is 0 Å². The van der Waals surface area contributed by atoms with E-state index in [9.17, 15) is 8.42 Å². The van der Waals surface area contributed by atoms with Crippen molar-refractivity contribution in [2.45, 2.75) is 30.7 Å². The van der Waals surface area contributed by atoms with Gasteiger partial charge in [-0.05, 0) is 43.2 Å². The molecule has 1 saturated heterocycles. The Morgan fingerprint density at radius 3 is 2.60 bits per heavy atom. The third-order valence-electron chi connectivity index (χ3n) is 4.37. The summed E-state index contributed by atoms with van der Waals surface area (Å²) in [5.41, 5.74) is 6.80. The zero-order valence-corrected chi connectivity index (χ0v) is 13.0. The van der Waals surface area contributed by atoms with Crippen LogP contribution in [0.4, 0.5) is 0 Å². The van der Waals surface area contributed by atoms with Crippen molar-refractivity contribution in [3.63, 3.8) is 0 Å². The van der Waals surface area contributed by atoms with Gasteiger partial charge in [0.15, 0.2) is 0 Å². The van der Waals surface area contributed by atoms with E-state index >= 15 is 0 Å². The summed E-state index contributed by atoms with van der Waals surface area (Å²) in [4.78, 5) is 0.227. The zero-order valence-electron chi connectivity index (χ0n) is 11.4. The van der Waals surface area contributed by atoms with Crippen molar-refractivity contribution in [2.24, 2.45) is 17.6 Å². The molecule has 1 aliphatic heterocycles. The van der Waals surface area contributed by atoms with Crippen molar-refractivity contribution in [3.8, 4) is 0 Å². The van der Waals surface area contributed by atoms with Gasteiger partial charge < -0.3 is 5.73 Å². The molecular formula is C14H19ClN2O2S. The molecule has 6 heteroatoms. The topological polar surface area (TPSA) is 63.4 Å². The summed E-state index contributed by atoms with van der Waals surface area (Å²) < 4.78 is 27.1. The number of benzene rings is 1. The van der Waals surface area contributed by atoms with Crippen molar-refractivity contribution < 1.29 is 8.42 Å². The van der Waals surface area contributed by atoms with E-state index in [1.54, 1.807) is 25.1 Å². The number of hydrogen-bond donors (Lipinski definition) is 1. The average Bonchev–Trinajstić information content (AvgIpc) is 3.11. The lowest BCUT2D eigenvalue weighted by Gasteiger charge is -2.18. The molecule has 2 unspecified atom stereocenters. The Morgan fingerprint density at radius 2 is 2.00 bits per heavy atom. The van der Waals surface area contributed by atoms with E-state index in [1.165, 1.54) is 17.1 Å². The van der Waals surface area contributed by atoms with E-state index in [4.69, 9.17) is 17.3 Å². The maximum absolute atomic E-state index is 12.8. The molecule has 2 fully saturated rings. The molecule has 0 radical (unpaired) electrons. The van der Waals surface area contributed by atoms with Crippen LogP contribution >= 0.6 is 11.6 Å². The predicted octanol–water partition coefficient (Wildman–Crippen LogP) is 2.01. The summed E-state index contributed by atoms with van der Waals surface area (Å²) in [6, 6.07) is 5.10. The van der Waals surface area contributed by atoms with Crippen molar-refractivity contribution in [2.75, 3.05) is 13.1 Å². The van der Waals surface area contributed by atoms with Crippen LogP contribution in [-0.2, 0) is 10.0 Å². The first-order chi connectivity index (χ1) is 9.41. The Hall–Kier alpha value is -0.620. The second kappa shape index (κ2) is 4.98. The number of sulfonamides is 1. The second-order valence-corrected chi connectivity index (χ2v) is 8.15. The fourth-order valence-electron chi connectivity index (χ4n) is 3.11. The first-order valence-electron chi connectivity index (χ1n) is 6.92. The molecule has 1 saturated carbocycles. The molecule has 2 aliphatic rings. The smallest absolute Gasteiger partial charge is 0.244 e. The second-order valence-electron chi connectivity index (χ2n) is 5.87. The van der Waals surface area contributed by atoms with E-state index in [-0.39, 0.29) is 16.0 Å². The van der Waals surface area contributed by atoms with Crippen LogP contribution < -0.4 is 5.73 Å². The third-order valence-corrected chi connectivity index (χ3v) is 6.83. The van der Waals surface area contributed by atoms with Gasteiger partial charge in [0, 0.05) is 19.1 Å². The number of halogens is 1. The summed E-state index contributed by atoms with van der Waals surface area (Å²) in [6.07, 6.45) is 2.36. The third kappa shape index (κ3) is 2.37. The largest absolute Gasteiger partial charge is 0.326 e. The molecule has 0 spiro atoms. The molecule has 1 aromatic carbocycles. The van der Waals surface area contributed by atoms with Crippen molar-refractivity contribution in [3.05, 3.63) is 28.8 Å². The monoisotopic (exact) mass is 314 g/mol. The first-order valence-corrected chi connectivity index (χ1v) is 8.74. The fraction of sp³-hybridized carbons (Fsp3) is 0.571. The Labute approximate surface area is 125 Å². The summed E-state index contributed by atoms with van der Waals surface area (Å²) in [7, 11) is -3.55. The highest BCUT2D eigenvalue weighted by atomic mass is 35.5. The molecule has 1 aliphatic carbocycles. The molecule has 0 aromatic heterocycles. The van der Waals surface area contributed by atoms with Crippen LogP contribution in [0.1, 0.15) is 18.4 Å². The normalized spacial score (nSPS) is 27.9. The van der Waals surface area contributed by atoms with Crippen LogP contribution in [0.5, 0.6) is 0 Å². The number of aryl methyl sites for hydroxylation is 1. The fourth-order valence-corrected chi connectivity index (χ4v) is 5.41. The molecule has 4 nitrogen and oxygen atoms in total. The number of hydrogen-bond acceptors (Lipinski definition) is 3. The highest BCUT2D eigenvalue weighted by molar-refractivity contribution is 7.89. The highest BCUT2D eigenvalue weighted by Gasteiger charge is 2.45. The molecule has 0 amide bonds. The zero-order chi connectivity index (χ0) is 14.5. The van der Waals surface area contributed by atoms with Gasteiger partial charge in [-0.15, -0.1) is 0 Å². The molecular weight excluding hydrogens is 296 g/mol. The van der Waals surface area contributed by atoms with Crippen LogP contribution in [-0.4, -0.2) is 31.9 Å². The van der Waals surface area contributed by atoms with Crippen LogP contribution in [0.2, 0.25) is 5.02 Å². The highest BCUT2D eigenvalue weighted by Crippen LogP contribution is 2.42. The minimum absolute atomic E-state index is 0.0555. The quantitative estimate of drug-likeness (QED) is 0.928. The Balaban J connectivity index is 1.93. The standard InChI is InChI=1S/C14H19ClN2O2S/c1-9-3-2-4-12(15)14(9)20(18,19)17-7-11(10-5-6-10)13(16)8-17/h2-4,10-11,13H,5-8,16H2,1H3. The number of nitrogens with zero attached hydrogens (tertiary/aromatic N) is 1. The van der Waals surface area contributed by atoms with E-state index in [2.05, 4.69) is 0 Å². The van der Waals surface area contributed by atoms with Gasteiger partial charge in [-0.3, -0.25) is 0 Å². The average molecular weight is 315 g/mol. The lowest BCUT2D eigenvalue weighted by atomic mass is 9.99. The predicted molar refractivity (Wildman–Crippen MR) is 79.1 cm³/mol. The summed E-state index contributed by atoms with van der Waals surface area (Å²) >= 11 is 6.10. The van der Waals surface area contributed by atoms with E-state index in [1.807, 2.05) is 0 Å². The van der Waals surface area contributed by atoms with E-state index in [0.717, 1.165) is 0 Å². The van der Waals surface area contributed by atoms with Gasteiger partial charge in [-0.25, -0.2) is 8.42 Å². The van der Waals surface area contributed by atoms with Crippen LogP contribution in [0.3, 0.4) is 0 Å². The lowest BCUT2D eigenvalue weighted by molar-refractivity contribution is 0.428. The molecule has 0 bridgehead atoms. The van der Waals surface area contributed by atoms with Crippen molar-refractivity contribution in [1.82, 2.24) is 4.31 Å². The van der Waals surface area contributed by atoms with Gasteiger partial charge >= 0.3 is 0 Å². The summed E-state index contributed by atoms with van der Waals surface area (Å²) in [5.74, 6) is 0.908. The van der Waals surface area contributed by atoms with Crippen LogP contribution in [0, 0.1) is 18.8 Å². The maximum Gasteiger partial charge on any atom is 0.244 e. The molecule has 2 atom stereocenters. The van der Waals surface area contributed by atoms with Crippen molar-refractivity contribution in [1.29, 1.82) is 0 Å². The molecule has 1 heterocycles. The van der Waals surface area contributed by atoms with Crippen LogP contribution in [0.15, 0.2) is 23.1 Å². The SMILES string of the molecule is Cc1cccc(Cl)c1S(=O)(=O)N1CC(N)C(C2CC2)C1. The van der Waals surface area contributed by atoms with E-state index < -0.39 is 10.0 Å². The summed E-state index contributed by atoms with van der Waals surface area (Å²) in [5, 5.41) is 0.286. The van der Waals surface area contributed by atoms with Gasteiger partial charge in [0.2, 0.25) is 10.0 Å². The van der Waals surface area contributed by atoms with Gasteiger partial charge in [0.1, 0.15) is 4.90 Å². The molecule has 2 N–H and O–H groups in total. The molecule has 3 rings (SSSR count). The number of rotatable bonds is 3. The van der Waals surface area contributed by atoms with E-state index in [0.29, 0.717) is 30.5 Å². The van der Waals surface area contributed by atoms with Crippen molar-refractivity contribution >= 4 is 21.6 Å².